The van der Waals surface area contributed by atoms with Crippen LogP contribution in [0.25, 0.3) is 6.08 Å². The molecule has 204 valence electrons. The lowest BCUT2D eigenvalue weighted by molar-refractivity contribution is -0.384. The van der Waals surface area contributed by atoms with Crippen LogP contribution in [0.15, 0.2) is 17.0 Å². The number of ether oxygens (including phenoxy) is 2. The number of nitro benzene ring substituents is 1. The Balaban J connectivity index is 1.47. The van der Waals surface area contributed by atoms with Gasteiger partial charge in [0.2, 0.25) is 5.91 Å². The van der Waals surface area contributed by atoms with Crippen LogP contribution in [0.4, 0.5) is 21.9 Å². The van der Waals surface area contributed by atoms with E-state index < -0.39 is 16.1 Å². The summed E-state index contributed by atoms with van der Waals surface area (Å²) in [6.45, 7) is 5.20. The van der Waals surface area contributed by atoms with Crippen molar-refractivity contribution in [1.29, 1.82) is 0 Å². The SMILES string of the molecule is O=C(CN1C(=O)S/C(=C\c2cc([N+](=O)[O-])c(N3CCOCC3)cc2N2CCOCC2)C1=O)N1CCCCC1. The van der Waals surface area contributed by atoms with Gasteiger partial charge in [-0.15, -0.1) is 0 Å². The molecule has 0 atom stereocenters. The first kappa shape index (κ1) is 26.4. The van der Waals surface area contributed by atoms with Gasteiger partial charge in [-0.2, -0.15) is 0 Å². The highest BCUT2D eigenvalue weighted by Crippen LogP contribution is 2.40. The van der Waals surface area contributed by atoms with Crippen LogP contribution in [-0.4, -0.2) is 104 Å². The molecule has 0 aliphatic carbocycles. The number of piperidine rings is 1. The zero-order valence-electron chi connectivity index (χ0n) is 21.1. The molecule has 1 aromatic rings. The van der Waals surface area contributed by atoms with Crippen LogP contribution < -0.4 is 9.80 Å². The summed E-state index contributed by atoms with van der Waals surface area (Å²) in [5.41, 5.74) is 1.63. The summed E-state index contributed by atoms with van der Waals surface area (Å²) in [6, 6.07) is 3.27. The third-order valence-electron chi connectivity index (χ3n) is 7.19. The van der Waals surface area contributed by atoms with E-state index in [0.29, 0.717) is 76.9 Å². The molecular weight excluding hydrogens is 514 g/mol. The first-order valence-electron chi connectivity index (χ1n) is 12.9. The maximum atomic E-state index is 13.2. The number of rotatable bonds is 6. The van der Waals surface area contributed by atoms with E-state index in [9.17, 15) is 24.5 Å². The number of carbonyl (C=O) groups is 3. The number of amides is 3. The van der Waals surface area contributed by atoms with Crippen molar-refractivity contribution >= 4 is 52.0 Å². The van der Waals surface area contributed by atoms with Crippen molar-refractivity contribution in [2.45, 2.75) is 19.3 Å². The number of imide groups is 1. The van der Waals surface area contributed by atoms with Gasteiger partial charge in [-0.05, 0) is 43.2 Å². The molecule has 3 amide bonds. The summed E-state index contributed by atoms with van der Waals surface area (Å²) < 4.78 is 10.9. The molecule has 0 saturated carbocycles. The summed E-state index contributed by atoms with van der Waals surface area (Å²) in [5.74, 6) is -0.800. The molecule has 1 aromatic carbocycles. The summed E-state index contributed by atoms with van der Waals surface area (Å²) >= 11 is 0.755. The molecule has 0 aromatic heterocycles. The number of benzene rings is 1. The molecule has 0 bridgehead atoms. The molecule has 0 unspecified atom stereocenters. The number of carbonyl (C=O) groups excluding carboxylic acids is 3. The molecule has 38 heavy (non-hydrogen) atoms. The van der Waals surface area contributed by atoms with E-state index in [2.05, 4.69) is 4.90 Å². The number of anilines is 2. The van der Waals surface area contributed by atoms with E-state index in [-0.39, 0.29) is 23.0 Å². The van der Waals surface area contributed by atoms with Gasteiger partial charge in [0.05, 0.1) is 36.3 Å². The highest BCUT2D eigenvalue weighted by molar-refractivity contribution is 8.18. The minimum absolute atomic E-state index is 0.0744. The van der Waals surface area contributed by atoms with Crippen LogP contribution >= 0.6 is 11.8 Å². The van der Waals surface area contributed by atoms with Crippen molar-refractivity contribution in [2.24, 2.45) is 0 Å². The van der Waals surface area contributed by atoms with Crippen molar-refractivity contribution in [1.82, 2.24) is 9.80 Å². The minimum Gasteiger partial charge on any atom is -0.378 e. The fourth-order valence-corrected chi connectivity index (χ4v) is 5.96. The molecule has 0 spiro atoms. The summed E-state index contributed by atoms with van der Waals surface area (Å²) in [7, 11) is 0. The van der Waals surface area contributed by atoms with Crippen LogP contribution in [0, 0.1) is 10.1 Å². The standard InChI is InChI=1S/C25H31N5O7S/c31-23(28-4-2-1-3-5-28)17-29-24(32)22(38-25(29)33)15-18-14-21(30(34)35)20(27-8-12-37-13-9-27)16-19(18)26-6-10-36-11-7-26/h14-16H,1-13,17H2/b22-15-. The van der Waals surface area contributed by atoms with Crippen molar-refractivity contribution in [3.63, 3.8) is 0 Å². The number of nitro groups is 1. The predicted octanol–water partition coefficient (Wildman–Crippen LogP) is 2.32. The van der Waals surface area contributed by atoms with Gasteiger partial charge in [0.25, 0.3) is 16.8 Å². The zero-order chi connectivity index (χ0) is 26.6. The van der Waals surface area contributed by atoms with Gasteiger partial charge >= 0.3 is 0 Å². The summed E-state index contributed by atoms with van der Waals surface area (Å²) in [5, 5.41) is 11.6. The molecular formula is C25H31N5O7S. The highest BCUT2D eigenvalue weighted by atomic mass is 32.2. The molecule has 4 aliphatic rings. The second kappa shape index (κ2) is 11.7. The van der Waals surface area contributed by atoms with E-state index in [1.807, 2.05) is 4.90 Å². The van der Waals surface area contributed by atoms with E-state index in [4.69, 9.17) is 9.47 Å². The zero-order valence-corrected chi connectivity index (χ0v) is 22.0. The third kappa shape index (κ3) is 5.64. The fraction of sp³-hybridized carbons (Fsp3) is 0.560. The van der Waals surface area contributed by atoms with Crippen LogP contribution in [0.3, 0.4) is 0 Å². The van der Waals surface area contributed by atoms with E-state index in [1.165, 1.54) is 12.1 Å². The van der Waals surface area contributed by atoms with Crippen LogP contribution in [0.1, 0.15) is 24.8 Å². The van der Waals surface area contributed by atoms with Crippen molar-refractivity contribution in [3.05, 3.63) is 32.7 Å². The van der Waals surface area contributed by atoms with Gasteiger partial charge in [-0.25, -0.2) is 0 Å². The molecule has 4 aliphatic heterocycles. The lowest BCUT2D eigenvalue weighted by Gasteiger charge is -2.33. The average molecular weight is 546 g/mol. The Morgan fingerprint density at radius 2 is 1.53 bits per heavy atom. The van der Waals surface area contributed by atoms with Gasteiger partial charge in [0, 0.05) is 56.6 Å². The average Bonchev–Trinajstić information content (AvgIpc) is 3.21. The monoisotopic (exact) mass is 545 g/mol. The Bertz CT molecular complexity index is 1140. The van der Waals surface area contributed by atoms with E-state index >= 15 is 0 Å². The second-order valence-electron chi connectivity index (χ2n) is 9.56. The largest absolute Gasteiger partial charge is 0.378 e. The van der Waals surface area contributed by atoms with E-state index in [0.717, 1.165) is 41.6 Å². The van der Waals surface area contributed by atoms with Gasteiger partial charge < -0.3 is 24.2 Å². The second-order valence-corrected chi connectivity index (χ2v) is 10.6. The molecule has 4 fully saturated rings. The van der Waals surface area contributed by atoms with Gasteiger partial charge in [-0.3, -0.25) is 29.4 Å². The predicted molar refractivity (Wildman–Crippen MR) is 142 cm³/mol. The van der Waals surface area contributed by atoms with Gasteiger partial charge in [0.1, 0.15) is 12.2 Å². The molecule has 5 rings (SSSR count). The molecule has 4 saturated heterocycles. The maximum absolute atomic E-state index is 13.2. The number of morpholine rings is 2. The molecule has 12 nitrogen and oxygen atoms in total. The summed E-state index contributed by atoms with van der Waals surface area (Å²) in [4.78, 5) is 57.2. The Morgan fingerprint density at radius 1 is 0.921 bits per heavy atom. The topological polar surface area (TPSA) is 126 Å². The van der Waals surface area contributed by atoms with E-state index in [1.54, 1.807) is 11.0 Å². The number of thioether (sulfide) groups is 1. The smallest absolute Gasteiger partial charge is 0.294 e. The van der Waals surface area contributed by atoms with Gasteiger partial charge in [0.15, 0.2) is 0 Å². The van der Waals surface area contributed by atoms with Gasteiger partial charge in [-0.1, -0.05) is 0 Å². The van der Waals surface area contributed by atoms with Crippen LogP contribution in [-0.2, 0) is 19.1 Å². The Kier molecular flexibility index (Phi) is 8.15. The third-order valence-corrected chi connectivity index (χ3v) is 8.09. The number of hydrogen-bond acceptors (Lipinski definition) is 10. The van der Waals surface area contributed by atoms with Crippen LogP contribution in [0.2, 0.25) is 0 Å². The quantitative estimate of drug-likeness (QED) is 0.299. The lowest BCUT2D eigenvalue weighted by atomic mass is 10.1. The van der Waals surface area contributed by atoms with Crippen molar-refractivity contribution < 1.29 is 28.8 Å². The first-order chi connectivity index (χ1) is 18.4. The Labute approximate surface area is 224 Å². The lowest BCUT2D eigenvalue weighted by Crippen LogP contribution is -2.44. The normalized spacial score (nSPS) is 21.9. The summed E-state index contributed by atoms with van der Waals surface area (Å²) in [6.07, 6.45) is 4.43. The fourth-order valence-electron chi connectivity index (χ4n) is 5.14. The molecule has 4 heterocycles. The Morgan fingerprint density at radius 3 is 2.13 bits per heavy atom. The van der Waals surface area contributed by atoms with Crippen LogP contribution in [0.5, 0.6) is 0 Å². The molecule has 0 N–H and O–H groups in total. The Hall–Kier alpha value is -3.16. The molecule has 0 radical (unpaired) electrons. The molecule has 13 heteroatoms. The number of hydrogen-bond donors (Lipinski definition) is 0. The van der Waals surface area contributed by atoms with Crippen molar-refractivity contribution in [2.75, 3.05) is 82.0 Å². The van der Waals surface area contributed by atoms with Crippen molar-refractivity contribution in [3.8, 4) is 0 Å². The number of likely N-dealkylation sites (tertiary alicyclic amines) is 1. The maximum Gasteiger partial charge on any atom is 0.294 e. The first-order valence-corrected chi connectivity index (χ1v) is 13.7. The minimum atomic E-state index is -0.557. The highest BCUT2D eigenvalue weighted by Gasteiger charge is 2.38. The number of nitrogens with zero attached hydrogens (tertiary/aromatic N) is 5.